The lowest BCUT2D eigenvalue weighted by atomic mass is 9.91. The molecule has 2 aliphatic rings. The third-order valence-corrected chi connectivity index (χ3v) is 4.35. The monoisotopic (exact) mass is 224 g/mol. The Balaban J connectivity index is 1.99. The van der Waals surface area contributed by atoms with Gasteiger partial charge in [-0.25, -0.2) is 0 Å². The molecule has 3 heteroatoms. The van der Waals surface area contributed by atoms with E-state index in [9.17, 15) is 4.79 Å². The van der Waals surface area contributed by atoms with Gasteiger partial charge in [-0.15, -0.1) is 0 Å². The average Bonchev–Trinajstić information content (AvgIpc) is 2.95. The van der Waals surface area contributed by atoms with Crippen molar-refractivity contribution in [2.24, 2.45) is 11.3 Å². The number of rotatable bonds is 5. The van der Waals surface area contributed by atoms with E-state index in [1.807, 2.05) is 0 Å². The molecule has 0 aromatic heterocycles. The summed E-state index contributed by atoms with van der Waals surface area (Å²) in [6.07, 6.45) is 5.12. The van der Waals surface area contributed by atoms with E-state index in [1.165, 1.54) is 12.8 Å². The molecule has 0 aromatic carbocycles. The first-order valence-electron chi connectivity index (χ1n) is 6.62. The highest BCUT2D eigenvalue weighted by molar-refractivity contribution is 5.80. The van der Waals surface area contributed by atoms with Crippen LogP contribution in [-0.4, -0.2) is 30.1 Å². The molecule has 0 aromatic rings. The third-order valence-electron chi connectivity index (χ3n) is 4.35. The van der Waals surface area contributed by atoms with Crippen LogP contribution in [0.1, 0.15) is 46.5 Å². The zero-order valence-corrected chi connectivity index (χ0v) is 10.8. The first kappa shape index (κ1) is 11.9. The van der Waals surface area contributed by atoms with Crippen LogP contribution >= 0.6 is 0 Å². The zero-order valence-electron chi connectivity index (χ0n) is 10.8. The van der Waals surface area contributed by atoms with E-state index >= 15 is 0 Å². The number of hydrogen-bond acceptors (Lipinski definition) is 2. The van der Waals surface area contributed by atoms with E-state index in [1.54, 1.807) is 0 Å². The minimum Gasteiger partial charge on any atom is -0.325 e. The van der Waals surface area contributed by atoms with E-state index in [-0.39, 0.29) is 0 Å². The van der Waals surface area contributed by atoms with Crippen LogP contribution in [0.2, 0.25) is 0 Å². The second kappa shape index (κ2) is 4.36. The minimum atomic E-state index is 0.297. The summed E-state index contributed by atoms with van der Waals surface area (Å²) in [7, 11) is 0. The number of carbonyl (C=O) groups excluding carboxylic acids is 1. The fourth-order valence-corrected chi connectivity index (χ4v) is 2.74. The topological polar surface area (TPSA) is 32.3 Å². The van der Waals surface area contributed by atoms with Crippen molar-refractivity contribution in [1.82, 2.24) is 10.2 Å². The van der Waals surface area contributed by atoms with Crippen molar-refractivity contribution >= 4 is 5.91 Å². The smallest absolute Gasteiger partial charge is 0.237 e. The molecule has 2 rings (SSSR count). The summed E-state index contributed by atoms with van der Waals surface area (Å²) < 4.78 is 0. The Morgan fingerprint density at radius 1 is 1.50 bits per heavy atom. The summed E-state index contributed by atoms with van der Waals surface area (Å²) in [5, 5.41) is 3.32. The molecule has 1 unspecified atom stereocenters. The Bertz CT molecular complexity index is 271. The van der Waals surface area contributed by atoms with Gasteiger partial charge >= 0.3 is 0 Å². The molecule has 16 heavy (non-hydrogen) atoms. The van der Waals surface area contributed by atoms with E-state index in [0.29, 0.717) is 30.0 Å². The number of hydrogen-bond donors (Lipinski definition) is 1. The molecule has 1 amide bonds. The van der Waals surface area contributed by atoms with Crippen LogP contribution < -0.4 is 5.32 Å². The normalized spacial score (nSPS) is 27.9. The predicted octanol–water partition coefficient (Wildman–Crippen LogP) is 1.98. The molecule has 1 aliphatic heterocycles. The number of amides is 1. The molecule has 0 bridgehead atoms. The van der Waals surface area contributed by atoms with Crippen LogP contribution in [-0.2, 0) is 4.79 Å². The quantitative estimate of drug-likeness (QED) is 0.774. The van der Waals surface area contributed by atoms with Gasteiger partial charge in [0.05, 0.1) is 12.7 Å². The number of nitrogens with one attached hydrogen (secondary N) is 1. The Labute approximate surface area is 98.6 Å². The second-order valence-corrected chi connectivity index (χ2v) is 5.72. The van der Waals surface area contributed by atoms with Gasteiger partial charge in [0.2, 0.25) is 5.91 Å². The predicted molar refractivity (Wildman–Crippen MR) is 64.9 cm³/mol. The lowest BCUT2D eigenvalue weighted by Crippen LogP contribution is -2.42. The maximum absolute atomic E-state index is 11.9. The molecule has 1 saturated heterocycles. The van der Waals surface area contributed by atoms with Crippen LogP contribution in [0.3, 0.4) is 0 Å². The largest absolute Gasteiger partial charge is 0.325 e. The van der Waals surface area contributed by atoms with Gasteiger partial charge in [0.25, 0.3) is 0 Å². The molecule has 0 spiro atoms. The zero-order chi connectivity index (χ0) is 11.8. The average molecular weight is 224 g/mol. The Morgan fingerprint density at radius 3 is 2.69 bits per heavy atom. The van der Waals surface area contributed by atoms with E-state index < -0.39 is 0 Å². The molecule has 1 saturated carbocycles. The summed E-state index contributed by atoms with van der Waals surface area (Å²) in [5.41, 5.74) is 0.438. The molecule has 1 aliphatic carbocycles. The van der Waals surface area contributed by atoms with Gasteiger partial charge in [0, 0.05) is 6.54 Å². The highest BCUT2D eigenvalue weighted by Crippen LogP contribution is 2.52. The van der Waals surface area contributed by atoms with Gasteiger partial charge in [0.15, 0.2) is 0 Å². The van der Waals surface area contributed by atoms with Gasteiger partial charge in [-0.1, -0.05) is 27.2 Å². The van der Waals surface area contributed by atoms with Crippen molar-refractivity contribution in [2.45, 2.75) is 52.6 Å². The van der Waals surface area contributed by atoms with Gasteiger partial charge in [0.1, 0.15) is 0 Å². The van der Waals surface area contributed by atoms with Crippen molar-refractivity contribution in [3.63, 3.8) is 0 Å². The molecule has 92 valence electrons. The van der Waals surface area contributed by atoms with Crippen molar-refractivity contribution in [3.05, 3.63) is 0 Å². The lowest BCUT2D eigenvalue weighted by molar-refractivity contribution is -0.129. The fourth-order valence-electron chi connectivity index (χ4n) is 2.74. The highest BCUT2D eigenvalue weighted by atomic mass is 16.2. The molecule has 1 heterocycles. The summed E-state index contributed by atoms with van der Waals surface area (Å²) in [6, 6.07) is 0. The molecule has 0 radical (unpaired) electrons. The van der Waals surface area contributed by atoms with E-state index in [0.717, 1.165) is 19.4 Å². The molecular weight excluding hydrogens is 200 g/mol. The Kier molecular flexibility index (Phi) is 3.24. The second-order valence-electron chi connectivity index (χ2n) is 5.72. The lowest BCUT2D eigenvalue weighted by Gasteiger charge is -2.30. The van der Waals surface area contributed by atoms with Crippen molar-refractivity contribution < 1.29 is 4.79 Å². The van der Waals surface area contributed by atoms with E-state index in [4.69, 9.17) is 0 Å². The minimum absolute atomic E-state index is 0.297. The maximum Gasteiger partial charge on any atom is 0.237 e. The molecule has 2 fully saturated rings. The summed E-state index contributed by atoms with van der Waals surface area (Å²) in [5.74, 6) is 0.994. The summed E-state index contributed by atoms with van der Waals surface area (Å²) >= 11 is 0. The van der Waals surface area contributed by atoms with E-state index in [2.05, 4.69) is 31.0 Å². The third kappa shape index (κ3) is 2.10. The maximum atomic E-state index is 11.9. The molecule has 3 nitrogen and oxygen atoms in total. The van der Waals surface area contributed by atoms with Crippen molar-refractivity contribution in [3.8, 4) is 0 Å². The number of nitrogens with zero attached hydrogens (tertiary/aromatic N) is 1. The molecule has 1 atom stereocenters. The van der Waals surface area contributed by atoms with Crippen LogP contribution in [0.25, 0.3) is 0 Å². The highest BCUT2D eigenvalue weighted by Gasteiger charge is 2.48. The van der Waals surface area contributed by atoms with Gasteiger partial charge in [-0.05, 0) is 30.6 Å². The number of carbonyl (C=O) groups is 1. The van der Waals surface area contributed by atoms with Crippen LogP contribution in [0.15, 0.2) is 0 Å². The SMILES string of the molecule is CCCC1NCC(=O)N1CC1(C(C)C)CC1. The fraction of sp³-hybridized carbons (Fsp3) is 0.923. The molecular formula is C13H24N2O. The van der Waals surface area contributed by atoms with Crippen molar-refractivity contribution in [2.75, 3.05) is 13.1 Å². The van der Waals surface area contributed by atoms with Crippen LogP contribution in [0.4, 0.5) is 0 Å². The first-order chi connectivity index (χ1) is 7.59. The standard InChI is InChI=1S/C13H24N2O/c1-4-5-11-14-8-12(16)15(11)9-13(6-7-13)10(2)3/h10-11,14H,4-9H2,1-3H3. The van der Waals surface area contributed by atoms with Gasteiger partial charge in [-0.3, -0.25) is 10.1 Å². The van der Waals surface area contributed by atoms with Crippen molar-refractivity contribution in [1.29, 1.82) is 0 Å². The first-order valence-corrected chi connectivity index (χ1v) is 6.62. The van der Waals surface area contributed by atoms with Crippen LogP contribution in [0.5, 0.6) is 0 Å². The summed E-state index contributed by atoms with van der Waals surface area (Å²) in [6.45, 7) is 8.27. The Morgan fingerprint density at radius 2 is 2.19 bits per heavy atom. The summed E-state index contributed by atoms with van der Waals surface area (Å²) in [4.78, 5) is 13.9. The van der Waals surface area contributed by atoms with Crippen LogP contribution in [0, 0.1) is 11.3 Å². The molecule has 1 N–H and O–H groups in total. The Hall–Kier alpha value is -0.570. The van der Waals surface area contributed by atoms with Gasteiger partial charge in [-0.2, -0.15) is 0 Å². The van der Waals surface area contributed by atoms with Gasteiger partial charge < -0.3 is 4.90 Å².